The number of hydrogen-bond acceptors (Lipinski definition) is 6. The van der Waals surface area contributed by atoms with Gasteiger partial charge in [-0.1, -0.05) is 44.7 Å². The standard InChI is InChI=1S/C20H19N3O3S2/c1-20(2,3)15-4-6-16(7-5-15)27-17-8-9-18(19(10-17)28(24,25)26)23-13-14(11-21)12-22/h4-10,13,23H,1-3H3,(H,24,25,26). The predicted octanol–water partition coefficient (Wildman–Crippen LogP) is 4.72. The Hall–Kier alpha value is -2.78. The highest BCUT2D eigenvalue weighted by Gasteiger charge is 2.17. The summed E-state index contributed by atoms with van der Waals surface area (Å²) < 4.78 is 33.0. The zero-order valence-electron chi connectivity index (χ0n) is 15.6. The minimum atomic E-state index is -4.51. The number of rotatable bonds is 5. The van der Waals surface area contributed by atoms with Crippen molar-refractivity contribution in [3.05, 3.63) is 59.8 Å². The Balaban J connectivity index is 2.34. The minimum absolute atomic E-state index is 0.0356. The lowest BCUT2D eigenvalue weighted by Gasteiger charge is -2.19. The molecule has 6 nitrogen and oxygen atoms in total. The summed E-state index contributed by atoms with van der Waals surface area (Å²) in [5.41, 5.74) is 1.07. The van der Waals surface area contributed by atoms with Crippen molar-refractivity contribution in [2.24, 2.45) is 0 Å². The van der Waals surface area contributed by atoms with Crippen molar-refractivity contribution < 1.29 is 13.0 Å². The van der Waals surface area contributed by atoms with Crippen molar-refractivity contribution in [3.8, 4) is 12.1 Å². The average Bonchev–Trinajstić information content (AvgIpc) is 2.62. The second kappa shape index (κ2) is 8.49. The molecule has 8 heteroatoms. The van der Waals surface area contributed by atoms with Crippen LogP contribution in [0.5, 0.6) is 0 Å². The van der Waals surface area contributed by atoms with E-state index < -0.39 is 10.1 Å². The van der Waals surface area contributed by atoms with E-state index in [-0.39, 0.29) is 21.6 Å². The Kier molecular flexibility index (Phi) is 6.52. The normalized spacial score (nSPS) is 11.2. The topological polar surface area (TPSA) is 114 Å². The second-order valence-electron chi connectivity index (χ2n) is 6.94. The minimum Gasteiger partial charge on any atom is -0.359 e. The maximum absolute atomic E-state index is 11.8. The van der Waals surface area contributed by atoms with Gasteiger partial charge in [-0.15, -0.1) is 0 Å². The number of hydrogen-bond donors (Lipinski definition) is 2. The van der Waals surface area contributed by atoms with Crippen LogP contribution < -0.4 is 5.32 Å². The first-order valence-electron chi connectivity index (χ1n) is 8.21. The molecule has 0 heterocycles. The Morgan fingerprint density at radius 2 is 1.64 bits per heavy atom. The van der Waals surface area contributed by atoms with Gasteiger partial charge in [0.1, 0.15) is 22.6 Å². The molecule has 0 radical (unpaired) electrons. The first-order chi connectivity index (χ1) is 13.0. The molecule has 2 rings (SSSR count). The summed E-state index contributed by atoms with van der Waals surface area (Å²) in [5.74, 6) is 0. The molecular formula is C20H19N3O3S2. The van der Waals surface area contributed by atoms with Gasteiger partial charge in [-0.3, -0.25) is 4.55 Å². The van der Waals surface area contributed by atoms with Gasteiger partial charge in [-0.25, -0.2) is 0 Å². The van der Waals surface area contributed by atoms with E-state index in [9.17, 15) is 13.0 Å². The summed E-state index contributed by atoms with van der Waals surface area (Å²) in [7, 11) is -4.51. The molecule has 144 valence electrons. The van der Waals surface area contributed by atoms with Crippen LogP contribution in [0.15, 0.2) is 68.9 Å². The molecule has 0 amide bonds. The fraction of sp³-hybridized carbons (Fsp3) is 0.200. The van der Waals surface area contributed by atoms with Gasteiger partial charge in [0.25, 0.3) is 10.1 Å². The van der Waals surface area contributed by atoms with Gasteiger partial charge in [0.05, 0.1) is 5.69 Å². The molecule has 0 atom stereocenters. The number of benzene rings is 2. The highest BCUT2D eigenvalue weighted by molar-refractivity contribution is 7.99. The summed E-state index contributed by atoms with van der Waals surface area (Å²) in [4.78, 5) is 1.20. The SMILES string of the molecule is CC(C)(C)c1ccc(Sc2ccc(NC=C(C#N)C#N)c(S(=O)(=O)O)c2)cc1. The summed E-state index contributed by atoms with van der Waals surface area (Å²) in [6.45, 7) is 6.37. The van der Waals surface area contributed by atoms with E-state index in [0.29, 0.717) is 4.90 Å². The number of nitriles is 2. The van der Waals surface area contributed by atoms with E-state index in [1.165, 1.54) is 29.5 Å². The van der Waals surface area contributed by atoms with E-state index in [1.54, 1.807) is 18.2 Å². The summed E-state index contributed by atoms with van der Waals surface area (Å²) in [6, 6.07) is 15.8. The molecule has 0 unspecified atom stereocenters. The zero-order valence-corrected chi connectivity index (χ0v) is 17.2. The Labute approximate surface area is 169 Å². The van der Waals surface area contributed by atoms with Crippen LogP contribution in [0.25, 0.3) is 0 Å². The molecule has 0 aliphatic carbocycles. The van der Waals surface area contributed by atoms with E-state index >= 15 is 0 Å². The Bertz CT molecular complexity index is 1070. The molecule has 0 spiro atoms. The number of allylic oxidation sites excluding steroid dienone is 1. The van der Waals surface area contributed by atoms with Crippen LogP contribution in [0.2, 0.25) is 0 Å². The van der Waals surface area contributed by atoms with Crippen LogP contribution in [0.3, 0.4) is 0 Å². The van der Waals surface area contributed by atoms with E-state index in [0.717, 1.165) is 11.1 Å². The van der Waals surface area contributed by atoms with Crippen molar-refractivity contribution >= 4 is 27.6 Å². The lowest BCUT2D eigenvalue weighted by molar-refractivity contribution is 0.483. The van der Waals surface area contributed by atoms with Gasteiger partial charge in [0.2, 0.25) is 0 Å². The van der Waals surface area contributed by atoms with Gasteiger partial charge in [0.15, 0.2) is 0 Å². The van der Waals surface area contributed by atoms with Crippen molar-refractivity contribution in [1.82, 2.24) is 0 Å². The third-order valence-electron chi connectivity index (χ3n) is 3.80. The zero-order chi connectivity index (χ0) is 20.9. The maximum Gasteiger partial charge on any atom is 0.296 e. The van der Waals surface area contributed by atoms with E-state index in [4.69, 9.17) is 10.5 Å². The Morgan fingerprint density at radius 3 is 2.14 bits per heavy atom. The van der Waals surface area contributed by atoms with Crippen LogP contribution in [-0.4, -0.2) is 13.0 Å². The third-order valence-corrected chi connectivity index (χ3v) is 5.69. The fourth-order valence-corrected chi connectivity index (χ4v) is 3.91. The van der Waals surface area contributed by atoms with Gasteiger partial charge >= 0.3 is 0 Å². The highest BCUT2D eigenvalue weighted by Crippen LogP contribution is 2.33. The molecule has 0 saturated carbocycles. The van der Waals surface area contributed by atoms with Gasteiger partial charge < -0.3 is 5.32 Å². The molecule has 2 aromatic carbocycles. The van der Waals surface area contributed by atoms with Gasteiger partial charge in [-0.2, -0.15) is 18.9 Å². The van der Waals surface area contributed by atoms with Crippen molar-refractivity contribution in [3.63, 3.8) is 0 Å². The largest absolute Gasteiger partial charge is 0.359 e. The monoisotopic (exact) mass is 413 g/mol. The molecular weight excluding hydrogens is 394 g/mol. The second-order valence-corrected chi connectivity index (χ2v) is 9.47. The van der Waals surface area contributed by atoms with Crippen molar-refractivity contribution in [2.75, 3.05) is 5.32 Å². The lowest BCUT2D eigenvalue weighted by atomic mass is 9.87. The van der Waals surface area contributed by atoms with E-state index in [2.05, 4.69) is 26.1 Å². The van der Waals surface area contributed by atoms with Crippen LogP contribution in [0.4, 0.5) is 5.69 Å². The summed E-state index contributed by atoms with van der Waals surface area (Å²) >= 11 is 1.36. The molecule has 0 bridgehead atoms. The fourth-order valence-electron chi connectivity index (χ4n) is 2.30. The van der Waals surface area contributed by atoms with Crippen LogP contribution in [-0.2, 0) is 15.5 Å². The smallest absolute Gasteiger partial charge is 0.296 e. The van der Waals surface area contributed by atoms with Gasteiger partial charge in [0, 0.05) is 16.0 Å². The number of anilines is 1. The van der Waals surface area contributed by atoms with Crippen LogP contribution in [0.1, 0.15) is 26.3 Å². The molecule has 0 aromatic heterocycles. The van der Waals surface area contributed by atoms with Crippen LogP contribution >= 0.6 is 11.8 Å². The summed E-state index contributed by atoms with van der Waals surface area (Å²) in [5, 5.41) is 20.1. The van der Waals surface area contributed by atoms with Gasteiger partial charge in [-0.05, 0) is 41.3 Å². The van der Waals surface area contributed by atoms with E-state index in [1.807, 2.05) is 24.3 Å². The third kappa shape index (κ3) is 5.61. The Morgan fingerprint density at radius 1 is 1.07 bits per heavy atom. The van der Waals surface area contributed by atoms with Crippen LogP contribution in [0, 0.1) is 22.7 Å². The molecule has 28 heavy (non-hydrogen) atoms. The predicted molar refractivity (Wildman–Crippen MR) is 108 cm³/mol. The molecule has 2 N–H and O–H groups in total. The highest BCUT2D eigenvalue weighted by atomic mass is 32.2. The summed E-state index contributed by atoms with van der Waals surface area (Å²) in [6.07, 6.45) is 1.09. The number of nitrogens with one attached hydrogen (secondary N) is 1. The molecule has 2 aromatic rings. The molecule has 0 saturated heterocycles. The lowest BCUT2D eigenvalue weighted by Crippen LogP contribution is -2.10. The molecule has 0 fully saturated rings. The number of nitrogens with zero attached hydrogens (tertiary/aromatic N) is 2. The maximum atomic E-state index is 11.8. The average molecular weight is 414 g/mol. The molecule has 0 aliphatic heterocycles. The molecule has 0 aliphatic rings. The quantitative estimate of drug-likeness (QED) is 0.538. The van der Waals surface area contributed by atoms with Crippen molar-refractivity contribution in [1.29, 1.82) is 10.5 Å². The first kappa shape index (κ1) is 21.5. The first-order valence-corrected chi connectivity index (χ1v) is 10.5. The van der Waals surface area contributed by atoms with Crippen molar-refractivity contribution in [2.45, 2.75) is 40.9 Å².